The minimum atomic E-state index is -3.68. The fraction of sp³-hybridized carbons (Fsp3) is 0.550. The van der Waals surface area contributed by atoms with Crippen LogP contribution in [0.3, 0.4) is 0 Å². The Balaban J connectivity index is 1.75. The van der Waals surface area contributed by atoms with Crippen molar-refractivity contribution in [2.45, 2.75) is 70.0 Å². The van der Waals surface area contributed by atoms with Gasteiger partial charge in [-0.2, -0.15) is 0 Å². The number of nitrogens with one attached hydrogen (secondary N) is 1. The first-order valence-electron chi connectivity index (χ1n) is 9.63. The maximum Gasteiger partial charge on any atom is 0.407 e. The third kappa shape index (κ3) is 7.84. The van der Waals surface area contributed by atoms with Gasteiger partial charge in [-0.1, -0.05) is 35.8 Å². The summed E-state index contributed by atoms with van der Waals surface area (Å²) in [6.07, 6.45) is 2.39. The van der Waals surface area contributed by atoms with Crippen molar-refractivity contribution in [1.82, 2.24) is 15.5 Å². The molecule has 9 heteroatoms. The summed E-state index contributed by atoms with van der Waals surface area (Å²) in [4.78, 5) is 11.5. The van der Waals surface area contributed by atoms with E-state index in [0.717, 1.165) is 24.8 Å². The van der Waals surface area contributed by atoms with Crippen molar-refractivity contribution in [3.05, 3.63) is 41.3 Å². The molecule has 2 aromatic rings. The predicted octanol–water partition coefficient (Wildman–Crippen LogP) is 3.59. The van der Waals surface area contributed by atoms with Gasteiger partial charge < -0.3 is 14.5 Å². The van der Waals surface area contributed by atoms with E-state index in [-0.39, 0.29) is 11.0 Å². The fourth-order valence-electron chi connectivity index (χ4n) is 2.59. The van der Waals surface area contributed by atoms with E-state index in [4.69, 9.17) is 9.15 Å². The lowest BCUT2D eigenvalue weighted by Gasteiger charge is -2.19. The molecule has 1 amide bonds. The molecule has 0 fully saturated rings. The van der Waals surface area contributed by atoms with Crippen LogP contribution in [0, 0.1) is 6.92 Å². The van der Waals surface area contributed by atoms with Gasteiger partial charge in [-0.15, -0.1) is 5.10 Å². The molecule has 0 spiro atoms. The number of sulfone groups is 1. The molecule has 2 rings (SSSR count). The molecule has 0 atom stereocenters. The maximum absolute atomic E-state index is 12.5. The van der Waals surface area contributed by atoms with Gasteiger partial charge in [-0.3, -0.25) is 0 Å². The molecule has 0 bridgehead atoms. The molecule has 0 radical (unpaired) electrons. The summed E-state index contributed by atoms with van der Waals surface area (Å²) in [6, 6.07) is 7.30. The Hall–Kier alpha value is -2.42. The van der Waals surface area contributed by atoms with E-state index >= 15 is 0 Å². The predicted molar refractivity (Wildman–Crippen MR) is 108 cm³/mol. The molecule has 8 nitrogen and oxygen atoms in total. The summed E-state index contributed by atoms with van der Waals surface area (Å²) < 4.78 is 35.5. The smallest absolute Gasteiger partial charge is 0.407 e. The zero-order valence-electron chi connectivity index (χ0n) is 17.4. The normalized spacial score (nSPS) is 12.0. The van der Waals surface area contributed by atoms with E-state index in [2.05, 4.69) is 15.5 Å². The summed E-state index contributed by atoms with van der Waals surface area (Å²) in [6.45, 7) is 7.81. The monoisotopic (exact) mass is 423 g/mol. The number of rotatable bonds is 9. The number of nitrogens with zero attached hydrogens (tertiary/aromatic N) is 2. The molecular formula is C20H29N3O5S. The summed E-state index contributed by atoms with van der Waals surface area (Å²) in [7, 11) is -3.68. The van der Waals surface area contributed by atoms with Crippen LogP contribution in [0.25, 0.3) is 0 Å². The van der Waals surface area contributed by atoms with Crippen LogP contribution in [0.1, 0.15) is 57.1 Å². The second-order valence-corrected chi connectivity index (χ2v) is 9.75. The standard InChI is InChI=1S/C20H29N3O5S/c1-15-10-7-8-11-16(15)14-29(25,26)19-23-22-17(27-19)12-6-5-9-13-21-18(24)28-20(2,3)4/h7-8,10-11H,5-6,9,12-14H2,1-4H3,(H,21,24). The number of carbonyl (C=O) groups excluding carboxylic acids is 1. The van der Waals surface area contributed by atoms with E-state index < -0.39 is 21.5 Å². The van der Waals surface area contributed by atoms with Gasteiger partial charge in [-0.05, 0) is 51.7 Å². The third-order valence-electron chi connectivity index (χ3n) is 4.06. The quantitative estimate of drug-likeness (QED) is 0.613. The molecule has 1 heterocycles. The topological polar surface area (TPSA) is 111 Å². The summed E-state index contributed by atoms with van der Waals surface area (Å²) in [5.74, 6) is 0.130. The SMILES string of the molecule is Cc1ccccc1CS(=O)(=O)c1nnc(CCCCCNC(=O)OC(C)(C)C)o1. The van der Waals surface area contributed by atoms with Gasteiger partial charge in [-0.25, -0.2) is 13.2 Å². The Morgan fingerprint density at radius 2 is 1.86 bits per heavy atom. The maximum atomic E-state index is 12.5. The lowest BCUT2D eigenvalue weighted by Crippen LogP contribution is -2.32. The molecule has 1 aromatic carbocycles. The van der Waals surface area contributed by atoms with Crippen molar-refractivity contribution in [1.29, 1.82) is 0 Å². The minimum absolute atomic E-state index is 0.169. The van der Waals surface area contributed by atoms with Crippen LogP contribution in [0.15, 0.2) is 33.9 Å². The number of carbonyl (C=O) groups is 1. The van der Waals surface area contributed by atoms with Crippen molar-refractivity contribution in [3.8, 4) is 0 Å². The van der Waals surface area contributed by atoms with Crippen molar-refractivity contribution in [2.75, 3.05) is 6.54 Å². The van der Waals surface area contributed by atoms with Crippen LogP contribution < -0.4 is 5.32 Å². The van der Waals surface area contributed by atoms with E-state index in [1.807, 2.05) is 39.8 Å². The van der Waals surface area contributed by atoms with Crippen LogP contribution in [-0.4, -0.2) is 36.9 Å². The number of amides is 1. The number of aromatic nitrogens is 2. The van der Waals surface area contributed by atoms with Crippen molar-refractivity contribution < 1.29 is 22.4 Å². The van der Waals surface area contributed by atoms with E-state index in [1.54, 1.807) is 12.1 Å². The summed E-state index contributed by atoms with van der Waals surface area (Å²) in [5, 5.41) is 9.91. The highest BCUT2D eigenvalue weighted by atomic mass is 32.2. The highest BCUT2D eigenvalue weighted by molar-refractivity contribution is 7.90. The van der Waals surface area contributed by atoms with Crippen molar-refractivity contribution in [3.63, 3.8) is 0 Å². The second-order valence-electron chi connectivity index (χ2n) is 7.89. The minimum Gasteiger partial charge on any atom is -0.444 e. The Morgan fingerprint density at radius 3 is 2.55 bits per heavy atom. The molecule has 1 N–H and O–H groups in total. The Labute approximate surface area is 172 Å². The molecule has 29 heavy (non-hydrogen) atoms. The van der Waals surface area contributed by atoms with Crippen LogP contribution in [0.2, 0.25) is 0 Å². The van der Waals surface area contributed by atoms with Crippen LogP contribution in [0.5, 0.6) is 0 Å². The zero-order chi connectivity index (χ0) is 21.5. The molecule has 0 aliphatic carbocycles. The molecule has 0 aliphatic heterocycles. The summed E-state index contributed by atoms with van der Waals surface area (Å²) in [5.41, 5.74) is 1.10. The number of alkyl carbamates (subject to hydrolysis) is 1. The first kappa shape index (κ1) is 22.9. The largest absolute Gasteiger partial charge is 0.444 e. The lowest BCUT2D eigenvalue weighted by atomic mass is 10.1. The van der Waals surface area contributed by atoms with Gasteiger partial charge in [0.15, 0.2) is 0 Å². The number of hydrogen-bond donors (Lipinski definition) is 1. The molecule has 0 saturated carbocycles. The van der Waals surface area contributed by atoms with Gasteiger partial charge in [0.2, 0.25) is 15.7 Å². The number of hydrogen-bond acceptors (Lipinski definition) is 7. The van der Waals surface area contributed by atoms with Gasteiger partial charge in [0.25, 0.3) is 0 Å². The Morgan fingerprint density at radius 1 is 1.14 bits per heavy atom. The highest BCUT2D eigenvalue weighted by Crippen LogP contribution is 2.18. The van der Waals surface area contributed by atoms with Crippen LogP contribution in [-0.2, 0) is 26.7 Å². The molecule has 0 unspecified atom stereocenters. The van der Waals surface area contributed by atoms with Crippen molar-refractivity contribution >= 4 is 15.9 Å². The van der Waals surface area contributed by atoms with Gasteiger partial charge in [0.1, 0.15) is 5.60 Å². The van der Waals surface area contributed by atoms with Gasteiger partial charge in [0.05, 0.1) is 5.75 Å². The second kappa shape index (κ2) is 9.87. The van der Waals surface area contributed by atoms with E-state index in [1.165, 1.54) is 0 Å². The lowest BCUT2D eigenvalue weighted by molar-refractivity contribution is 0.0527. The third-order valence-corrected chi connectivity index (χ3v) is 5.44. The number of unbranched alkanes of at least 4 members (excludes halogenated alkanes) is 2. The van der Waals surface area contributed by atoms with E-state index in [0.29, 0.717) is 24.4 Å². The molecule has 0 aliphatic rings. The van der Waals surface area contributed by atoms with Crippen molar-refractivity contribution in [2.24, 2.45) is 0 Å². The molecule has 160 valence electrons. The molecule has 0 saturated heterocycles. The first-order chi connectivity index (χ1) is 13.6. The van der Waals surface area contributed by atoms with Crippen LogP contribution >= 0.6 is 0 Å². The Bertz CT molecular complexity index is 916. The molecular weight excluding hydrogens is 394 g/mol. The zero-order valence-corrected chi connectivity index (χ0v) is 18.2. The number of benzene rings is 1. The molecule has 1 aromatic heterocycles. The fourth-order valence-corrected chi connectivity index (χ4v) is 3.83. The summed E-state index contributed by atoms with van der Waals surface area (Å²) >= 11 is 0. The van der Waals surface area contributed by atoms with Crippen LogP contribution in [0.4, 0.5) is 4.79 Å². The number of ether oxygens (including phenoxy) is 1. The Kier molecular flexibility index (Phi) is 7.78. The van der Waals surface area contributed by atoms with E-state index in [9.17, 15) is 13.2 Å². The average Bonchev–Trinajstić information content (AvgIpc) is 3.08. The average molecular weight is 424 g/mol. The van der Waals surface area contributed by atoms with Gasteiger partial charge >= 0.3 is 11.3 Å². The highest BCUT2D eigenvalue weighted by Gasteiger charge is 2.23. The number of aryl methyl sites for hydroxylation is 2. The first-order valence-corrected chi connectivity index (χ1v) is 11.3. The van der Waals surface area contributed by atoms with Gasteiger partial charge in [0, 0.05) is 13.0 Å².